The van der Waals surface area contributed by atoms with Gasteiger partial charge in [0.2, 0.25) is 0 Å². The summed E-state index contributed by atoms with van der Waals surface area (Å²) in [5.41, 5.74) is 5.92. The third-order valence-electron chi connectivity index (χ3n) is 2.28. The Morgan fingerprint density at radius 3 is 2.75 bits per heavy atom. The molecule has 3 N–H and O–H groups in total. The highest BCUT2D eigenvalue weighted by Crippen LogP contribution is 2.37. The molecule has 0 unspecified atom stereocenters. The molecule has 1 rings (SSSR count). The first-order chi connectivity index (χ1) is 7.47. The largest absolute Gasteiger partial charge is 0.502 e. The topological polar surface area (TPSA) is 89.4 Å². The molecule has 5 nitrogen and oxygen atoms in total. The molecular weight excluding hydrogens is 276 g/mol. The van der Waals surface area contributed by atoms with Crippen LogP contribution in [0.1, 0.15) is 31.4 Å². The van der Waals surface area contributed by atoms with Gasteiger partial charge in [-0.1, -0.05) is 29.3 Å². The molecule has 16 heavy (non-hydrogen) atoms. The van der Waals surface area contributed by atoms with E-state index < -0.39 is 4.92 Å². The molecule has 0 radical (unpaired) electrons. The smallest absolute Gasteiger partial charge is 0.312 e. The Morgan fingerprint density at radius 2 is 2.25 bits per heavy atom. The van der Waals surface area contributed by atoms with Gasteiger partial charge in [0.05, 0.1) is 4.92 Å². The second-order valence-corrected chi connectivity index (χ2v) is 4.43. The van der Waals surface area contributed by atoms with Crippen molar-refractivity contribution >= 4 is 21.6 Å². The summed E-state index contributed by atoms with van der Waals surface area (Å²) in [4.78, 5) is 10.1. The number of hydrogen-bond donors (Lipinski definition) is 2. The first-order valence-electron chi connectivity index (χ1n) is 4.89. The molecule has 0 aromatic heterocycles. The molecule has 0 saturated carbocycles. The molecular formula is C10H13BrN2O3. The predicted octanol–water partition coefficient (Wildman–Crippen LogP) is 2.86. The van der Waals surface area contributed by atoms with E-state index in [2.05, 4.69) is 15.9 Å². The predicted molar refractivity (Wildman–Crippen MR) is 64.3 cm³/mol. The molecule has 0 saturated heterocycles. The molecule has 88 valence electrons. The summed E-state index contributed by atoms with van der Waals surface area (Å²) in [7, 11) is 0. The standard InChI is InChI=1S/C10H13BrN2O3/c1-2-3-8(12)7-4-6(11)5-9(10(7)14)13(15)16/h4-5,8,14H,2-3,12H2,1H3/t8-/m1/s1. The van der Waals surface area contributed by atoms with Crippen molar-refractivity contribution < 1.29 is 10.0 Å². The fraction of sp³-hybridized carbons (Fsp3) is 0.400. The number of aromatic hydroxyl groups is 1. The van der Waals surface area contributed by atoms with E-state index in [1.54, 1.807) is 6.07 Å². The second kappa shape index (κ2) is 5.27. The number of nitrogens with zero attached hydrogens (tertiary/aromatic N) is 1. The number of halogens is 1. The molecule has 0 aliphatic rings. The van der Waals surface area contributed by atoms with E-state index in [1.165, 1.54) is 6.07 Å². The summed E-state index contributed by atoms with van der Waals surface area (Å²) in [6.07, 6.45) is 1.52. The van der Waals surface area contributed by atoms with Gasteiger partial charge in [-0.15, -0.1) is 0 Å². The van der Waals surface area contributed by atoms with Crippen LogP contribution in [0.3, 0.4) is 0 Å². The second-order valence-electron chi connectivity index (χ2n) is 3.52. The van der Waals surface area contributed by atoms with Crippen molar-refractivity contribution in [2.45, 2.75) is 25.8 Å². The molecule has 0 spiro atoms. The van der Waals surface area contributed by atoms with E-state index in [0.717, 1.165) is 6.42 Å². The Morgan fingerprint density at radius 1 is 1.62 bits per heavy atom. The number of phenols is 1. The molecule has 0 aliphatic heterocycles. The third kappa shape index (κ3) is 2.70. The zero-order chi connectivity index (χ0) is 12.3. The van der Waals surface area contributed by atoms with E-state index in [0.29, 0.717) is 16.5 Å². The van der Waals surface area contributed by atoms with Gasteiger partial charge in [-0.25, -0.2) is 0 Å². The molecule has 1 aromatic carbocycles. The number of rotatable bonds is 4. The van der Waals surface area contributed by atoms with Crippen LogP contribution in [0.4, 0.5) is 5.69 Å². The molecule has 0 bridgehead atoms. The third-order valence-corrected chi connectivity index (χ3v) is 2.74. The minimum atomic E-state index is -0.623. The Hall–Kier alpha value is -1.14. The average Bonchev–Trinajstić information content (AvgIpc) is 2.20. The van der Waals surface area contributed by atoms with Crippen LogP contribution >= 0.6 is 15.9 Å². The number of hydrogen-bond acceptors (Lipinski definition) is 4. The number of nitro groups is 1. The van der Waals surface area contributed by atoms with Crippen molar-refractivity contribution in [1.29, 1.82) is 0 Å². The van der Waals surface area contributed by atoms with Crippen molar-refractivity contribution in [3.8, 4) is 5.75 Å². The van der Waals surface area contributed by atoms with Crippen LogP contribution in [0.5, 0.6) is 5.75 Å². The van der Waals surface area contributed by atoms with E-state index in [1.807, 2.05) is 6.92 Å². The SMILES string of the molecule is CCC[C@@H](N)c1cc(Br)cc([N+](=O)[O-])c1O. The summed E-state index contributed by atoms with van der Waals surface area (Å²) in [5.74, 6) is -0.339. The zero-order valence-electron chi connectivity index (χ0n) is 8.81. The number of phenolic OH excluding ortho intramolecular Hbond substituents is 1. The van der Waals surface area contributed by atoms with Gasteiger partial charge in [-0.2, -0.15) is 0 Å². The summed E-state index contributed by atoms with van der Waals surface area (Å²) in [6, 6.07) is 2.49. The fourth-order valence-electron chi connectivity index (χ4n) is 1.49. The van der Waals surface area contributed by atoms with E-state index in [-0.39, 0.29) is 17.5 Å². The number of nitrogens with two attached hydrogens (primary N) is 1. The lowest BCUT2D eigenvalue weighted by molar-refractivity contribution is -0.386. The summed E-state index contributed by atoms with van der Waals surface area (Å²) >= 11 is 3.16. The van der Waals surface area contributed by atoms with Gasteiger partial charge in [-0.05, 0) is 12.5 Å². The Kier molecular flexibility index (Phi) is 4.26. The quantitative estimate of drug-likeness (QED) is 0.658. The molecule has 0 amide bonds. The van der Waals surface area contributed by atoms with Crippen LogP contribution in [-0.2, 0) is 0 Å². The van der Waals surface area contributed by atoms with E-state index in [9.17, 15) is 15.2 Å². The molecule has 1 aromatic rings. The van der Waals surface area contributed by atoms with Gasteiger partial charge in [0.15, 0.2) is 5.75 Å². The van der Waals surface area contributed by atoms with Crippen LogP contribution in [0.15, 0.2) is 16.6 Å². The lowest BCUT2D eigenvalue weighted by Gasteiger charge is -2.13. The normalized spacial score (nSPS) is 12.4. The van der Waals surface area contributed by atoms with Crippen LogP contribution < -0.4 is 5.73 Å². The van der Waals surface area contributed by atoms with Gasteiger partial charge < -0.3 is 10.8 Å². The maximum atomic E-state index is 10.7. The highest BCUT2D eigenvalue weighted by atomic mass is 79.9. The Labute approximate surface area is 102 Å². The summed E-state index contributed by atoms with van der Waals surface area (Å²) in [5, 5.41) is 20.4. The average molecular weight is 289 g/mol. The van der Waals surface area contributed by atoms with Gasteiger partial charge >= 0.3 is 5.69 Å². The highest BCUT2D eigenvalue weighted by Gasteiger charge is 2.21. The van der Waals surface area contributed by atoms with Gasteiger partial charge in [-0.3, -0.25) is 10.1 Å². The van der Waals surface area contributed by atoms with Crippen molar-refractivity contribution in [2.75, 3.05) is 0 Å². The Balaban J connectivity index is 3.23. The van der Waals surface area contributed by atoms with Crippen molar-refractivity contribution in [3.05, 3.63) is 32.3 Å². The highest BCUT2D eigenvalue weighted by molar-refractivity contribution is 9.10. The maximum Gasteiger partial charge on any atom is 0.312 e. The van der Waals surface area contributed by atoms with Crippen LogP contribution in [0, 0.1) is 10.1 Å². The van der Waals surface area contributed by atoms with Gasteiger partial charge in [0.25, 0.3) is 0 Å². The lowest BCUT2D eigenvalue weighted by atomic mass is 10.0. The minimum absolute atomic E-state index is 0.323. The van der Waals surface area contributed by atoms with E-state index >= 15 is 0 Å². The number of benzene rings is 1. The van der Waals surface area contributed by atoms with Crippen molar-refractivity contribution in [2.24, 2.45) is 5.73 Å². The first kappa shape index (κ1) is 12.9. The first-order valence-corrected chi connectivity index (χ1v) is 5.69. The monoisotopic (exact) mass is 288 g/mol. The summed E-state index contributed by atoms with van der Waals surface area (Å²) < 4.78 is 0.540. The van der Waals surface area contributed by atoms with Gasteiger partial charge in [0, 0.05) is 22.1 Å². The lowest BCUT2D eigenvalue weighted by Crippen LogP contribution is -2.10. The van der Waals surface area contributed by atoms with Crippen molar-refractivity contribution in [1.82, 2.24) is 0 Å². The summed E-state index contributed by atoms with van der Waals surface area (Å²) in [6.45, 7) is 1.96. The zero-order valence-corrected chi connectivity index (χ0v) is 10.4. The van der Waals surface area contributed by atoms with Gasteiger partial charge in [0.1, 0.15) is 0 Å². The fourth-order valence-corrected chi connectivity index (χ4v) is 1.96. The molecule has 0 fully saturated rings. The van der Waals surface area contributed by atoms with Crippen LogP contribution in [0.25, 0.3) is 0 Å². The molecule has 0 aliphatic carbocycles. The molecule has 1 atom stereocenters. The Bertz CT molecular complexity index is 409. The minimum Gasteiger partial charge on any atom is -0.502 e. The van der Waals surface area contributed by atoms with Crippen LogP contribution in [-0.4, -0.2) is 10.0 Å². The molecule has 6 heteroatoms. The van der Waals surface area contributed by atoms with E-state index in [4.69, 9.17) is 5.73 Å². The van der Waals surface area contributed by atoms with Crippen LogP contribution in [0.2, 0.25) is 0 Å². The maximum absolute atomic E-state index is 10.7. The number of nitro benzene ring substituents is 1. The van der Waals surface area contributed by atoms with Crippen molar-refractivity contribution in [3.63, 3.8) is 0 Å². The molecule has 0 heterocycles.